The molecule has 3 rings (SSSR count). The van der Waals surface area contributed by atoms with Crippen molar-refractivity contribution in [3.8, 4) is 5.69 Å². The van der Waals surface area contributed by atoms with Crippen molar-refractivity contribution in [1.29, 1.82) is 0 Å². The highest BCUT2D eigenvalue weighted by molar-refractivity contribution is 5.81. The predicted molar refractivity (Wildman–Crippen MR) is 105 cm³/mol. The third-order valence-electron chi connectivity index (χ3n) is 4.81. The van der Waals surface area contributed by atoms with Gasteiger partial charge in [-0.05, 0) is 51.0 Å². The molecule has 28 heavy (non-hydrogen) atoms. The molecule has 2 N–H and O–H groups in total. The first-order valence-corrected chi connectivity index (χ1v) is 9.45. The van der Waals surface area contributed by atoms with Crippen molar-refractivity contribution >= 4 is 17.5 Å². The van der Waals surface area contributed by atoms with E-state index in [-0.39, 0.29) is 24.4 Å². The molecule has 1 fully saturated rings. The van der Waals surface area contributed by atoms with Gasteiger partial charge in [0, 0.05) is 37.4 Å². The Balaban J connectivity index is 1.60. The number of aryl methyl sites for hydroxylation is 2. The second kappa shape index (κ2) is 8.41. The Morgan fingerprint density at radius 1 is 1.29 bits per heavy atom. The molecule has 0 radical (unpaired) electrons. The van der Waals surface area contributed by atoms with Crippen molar-refractivity contribution in [2.75, 3.05) is 25.0 Å². The Kier molecular flexibility index (Phi) is 5.96. The number of nitrogens with zero attached hydrogens (tertiary/aromatic N) is 3. The minimum atomic E-state index is -0.410. The van der Waals surface area contributed by atoms with E-state index in [1.165, 1.54) is 13.0 Å². The second-order valence-electron chi connectivity index (χ2n) is 7.24. The van der Waals surface area contributed by atoms with E-state index in [1.807, 2.05) is 19.9 Å². The fourth-order valence-electron chi connectivity index (χ4n) is 3.56. The number of halogens is 1. The van der Waals surface area contributed by atoms with Gasteiger partial charge in [0.05, 0.1) is 12.2 Å². The minimum Gasteiger partial charge on any atom is -0.376 e. The number of benzene rings is 1. The number of carbonyl (C=O) groups excluding carboxylic acids is 2. The van der Waals surface area contributed by atoms with Gasteiger partial charge in [0.25, 0.3) is 0 Å². The van der Waals surface area contributed by atoms with E-state index in [0.29, 0.717) is 24.5 Å². The van der Waals surface area contributed by atoms with Crippen LogP contribution < -0.4 is 10.6 Å². The van der Waals surface area contributed by atoms with E-state index >= 15 is 0 Å². The summed E-state index contributed by atoms with van der Waals surface area (Å²) in [4.78, 5) is 25.4. The third-order valence-corrected chi connectivity index (χ3v) is 4.81. The lowest BCUT2D eigenvalue weighted by Crippen LogP contribution is -2.50. The van der Waals surface area contributed by atoms with Crippen LogP contribution in [0.3, 0.4) is 0 Å². The molecule has 1 aliphatic heterocycles. The summed E-state index contributed by atoms with van der Waals surface area (Å²) in [6, 6.07) is 6.63. The van der Waals surface area contributed by atoms with Crippen molar-refractivity contribution in [3.63, 3.8) is 0 Å². The summed E-state index contributed by atoms with van der Waals surface area (Å²) in [6.07, 6.45) is 1.72. The van der Waals surface area contributed by atoms with Gasteiger partial charge in [-0.1, -0.05) is 0 Å². The summed E-state index contributed by atoms with van der Waals surface area (Å²) < 4.78 is 16.1. The molecule has 150 valence electrons. The molecule has 0 bridgehead atoms. The Morgan fingerprint density at radius 3 is 2.71 bits per heavy atom. The molecule has 1 aromatic heterocycles. The molecule has 0 aliphatic carbocycles. The molecule has 1 aromatic carbocycles. The SMILES string of the molecule is CC(=O)NC1CCCN(C(=O)CNc2ccc(-n3nc(C)cc3C)c(F)c2)C1. The van der Waals surface area contributed by atoms with Gasteiger partial charge < -0.3 is 15.5 Å². The first kappa shape index (κ1) is 19.9. The number of hydrogen-bond donors (Lipinski definition) is 2. The first-order valence-electron chi connectivity index (χ1n) is 9.45. The summed E-state index contributed by atoms with van der Waals surface area (Å²) in [5.41, 5.74) is 2.58. The fraction of sp³-hybridized carbons (Fsp3) is 0.450. The number of rotatable bonds is 5. The van der Waals surface area contributed by atoms with Crippen LogP contribution in [0.15, 0.2) is 24.3 Å². The standard InChI is InChI=1S/C20H26FN5O2/c1-13-9-14(2)26(24-13)19-7-6-16(10-18(19)21)22-11-20(28)25-8-4-5-17(12-25)23-15(3)27/h6-7,9-10,17,22H,4-5,8,11-12H2,1-3H3,(H,23,27). The van der Waals surface area contributed by atoms with Gasteiger partial charge >= 0.3 is 0 Å². The summed E-state index contributed by atoms with van der Waals surface area (Å²) in [5.74, 6) is -0.568. The van der Waals surface area contributed by atoms with Gasteiger partial charge in [-0.2, -0.15) is 5.10 Å². The highest BCUT2D eigenvalue weighted by Gasteiger charge is 2.23. The number of likely N-dealkylation sites (tertiary alicyclic amines) is 1. The molecular weight excluding hydrogens is 361 g/mol. The van der Waals surface area contributed by atoms with E-state index in [2.05, 4.69) is 15.7 Å². The fourth-order valence-corrected chi connectivity index (χ4v) is 3.56. The Bertz CT molecular complexity index is 879. The topological polar surface area (TPSA) is 79.3 Å². The number of aromatic nitrogens is 2. The lowest BCUT2D eigenvalue weighted by Gasteiger charge is -2.33. The molecule has 8 heteroatoms. The second-order valence-corrected chi connectivity index (χ2v) is 7.24. The zero-order valence-corrected chi connectivity index (χ0v) is 16.5. The molecule has 1 saturated heterocycles. The van der Waals surface area contributed by atoms with E-state index in [1.54, 1.807) is 21.7 Å². The largest absolute Gasteiger partial charge is 0.376 e. The monoisotopic (exact) mass is 387 g/mol. The van der Waals surface area contributed by atoms with E-state index < -0.39 is 5.82 Å². The van der Waals surface area contributed by atoms with Crippen molar-refractivity contribution < 1.29 is 14.0 Å². The van der Waals surface area contributed by atoms with E-state index in [4.69, 9.17) is 0 Å². The molecule has 1 unspecified atom stereocenters. The van der Waals surface area contributed by atoms with Gasteiger partial charge in [-0.25, -0.2) is 9.07 Å². The smallest absolute Gasteiger partial charge is 0.241 e. The third kappa shape index (κ3) is 4.68. The van der Waals surface area contributed by atoms with Crippen molar-refractivity contribution in [2.45, 2.75) is 39.7 Å². The van der Waals surface area contributed by atoms with Crippen molar-refractivity contribution in [2.24, 2.45) is 0 Å². The molecule has 1 atom stereocenters. The van der Waals surface area contributed by atoms with Gasteiger partial charge in [-0.3, -0.25) is 9.59 Å². The number of piperidine rings is 1. The highest BCUT2D eigenvalue weighted by atomic mass is 19.1. The highest BCUT2D eigenvalue weighted by Crippen LogP contribution is 2.20. The van der Waals surface area contributed by atoms with Crippen LogP contribution in [0.5, 0.6) is 0 Å². The van der Waals surface area contributed by atoms with Crippen LogP contribution >= 0.6 is 0 Å². The van der Waals surface area contributed by atoms with Crippen LogP contribution in [0.1, 0.15) is 31.2 Å². The molecule has 2 amide bonds. The van der Waals surface area contributed by atoms with Crippen molar-refractivity contribution in [1.82, 2.24) is 20.0 Å². The van der Waals surface area contributed by atoms with Crippen LogP contribution in [-0.4, -0.2) is 52.2 Å². The Labute approximate surface area is 163 Å². The van der Waals surface area contributed by atoms with Crippen LogP contribution in [0.25, 0.3) is 5.69 Å². The van der Waals surface area contributed by atoms with Crippen LogP contribution in [0, 0.1) is 19.7 Å². The lowest BCUT2D eigenvalue weighted by molar-refractivity contribution is -0.131. The number of amides is 2. The summed E-state index contributed by atoms with van der Waals surface area (Å²) >= 11 is 0. The number of nitrogens with one attached hydrogen (secondary N) is 2. The van der Waals surface area contributed by atoms with E-state index in [0.717, 1.165) is 24.2 Å². The molecule has 7 nitrogen and oxygen atoms in total. The molecule has 2 heterocycles. The van der Waals surface area contributed by atoms with Gasteiger partial charge in [0.15, 0.2) is 5.82 Å². The van der Waals surface area contributed by atoms with Crippen molar-refractivity contribution in [3.05, 3.63) is 41.5 Å². The quantitative estimate of drug-likeness (QED) is 0.824. The maximum atomic E-state index is 14.5. The molecule has 2 aromatic rings. The number of anilines is 1. The summed E-state index contributed by atoms with van der Waals surface area (Å²) in [6.45, 7) is 6.46. The van der Waals surface area contributed by atoms with Crippen LogP contribution in [0.2, 0.25) is 0 Å². The van der Waals surface area contributed by atoms with Gasteiger partial charge in [-0.15, -0.1) is 0 Å². The Hall–Kier alpha value is -2.90. The average molecular weight is 387 g/mol. The van der Waals surface area contributed by atoms with Gasteiger partial charge in [0.2, 0.25) is 11.8 Å². The van der Waals surface area contributed by atoms with Crippen LogP contribution in [0.4, 0.5) is 10.1 Å². The zero-order chi connectivity index (χ0) is 20.3. The summed E-state index contributed by atoms with van der Waals surface area (Å²) in [5, 5.41) is 10.2. The maximum absolute atomic E-state index is 14.5. The molecule has 0 spiro atoms. The Morgan fingerprint density at radius 2 is 2.07 bits per heavy atom. The van der Waals surface area contributed by atoms with E-state index in [9.17, 15) is 14.0 Å². The average Bonchev–Trinajstić information content (AvgIpc) is 2.97. The predicted octanol–water partition coefficient (Wildman–Crippen LogP) is 2.17. The number of carbonyl (C=O) groups is 2. The first-order chi connectivity index (χ1) is 13.3. The normalized spacial score (nSPS) is 16.7. The number of hydrogen-bond acceptors (Lipinski definition) is 4. The zero-order valence-electron chi connectivity index (χ0n) is 16.5. The molecule has 1 aliphatic rings. The van der Waals surface area contributed by atoms with Gasteiger partial charge in [0.1, 0.15) is 5.69 Å². The lowest BCUT2D eigenvalue weighted by atomic mass is 10.1. The van der Waals surface area contributed by atoms with Crippen LogP contribution in [-0.2, 0) is 9.59 Å². The summed E-state index contributed by atoms with van der Waals surface area (Å²) in [7, 11) is 0. The molecular formula is C20H26FN5O2. The maximum Gasteiger partial charge on any atom is 0.241 e. The molecule has 0 saturated carbocycles. The minimum absolute atomic E-state index is 0.00676.